The highest BCUT2D eigenvalue weighted by molar-refractivity contribution is 5.56. The zero-order valence-corrected chi connectivity index (χ0v) is 12.8. The maximum Gasteiger partial charge on any atom is 0.122 e. The quantitative estimate of drug-likeness (QED) is 0.747. The molecule has 0 saturated carbocycles. The summed E-state index contributed by atoms with van der Waals surface area (Å²) in [5.41, 5.74) is 4.23. The fourth-order valence-corrected chi connectivity index (χ4v) is 2.62. The minimum Gasteiger partial charge on any atom is -0.508 e. The molecule has 0 saturated heterocycles. The molecular formula is C18H22O3. The molecular weight excluding hydrogens is 264 g/mol. The Labute approximate surface area is 125 Å². The maximum absolute atomic E-state index is 10.3. The molecule has 0 aliphatic carbocycles. The molecule has 112 valence electrons. The van der Waals surface area contributed by atoms with E-state index in [1.807, 2.05) is 32.9 Å². The summed E-state index contributed by atoms with van der Waals surface area (Å²) < 4.78 is 0. The van der Waals surface area contributed by atoms with Gasteiger partial charge in [-0.3, -0.25) is 0 Å². The average molecular weight is 286 g/mol. The molecule has 0 bridgehead atoms. The molecule has 0 unspecified atom stereocenters. The van der Waals surface area contributed by atoms with Crippen LogP contribution in [0.3, 0.4) is 0 Å². The summed E-state index contributed by atoms with van der Waals surface area (Å²) >= 11 is 0. The van der Waals surface area contributed by atoms with Crippen LogP contribution in [0.4, 0.5) is 0 Å². The number of aromatic hydroxyl groups is 3. The van der Waals surface area contributed by atoms with Gasteiger partial charge in [-0.2, -0.15) is 0 Å². The summed E-state index contributed by atoms with van der Waals surface area (Å²) in [6.45, 7) is 5.49. The normalized spacial score (nSPS) is 10.8. The Kier molecular flexibility index (Phi) is 4.41. The van der Waals surface area contributed by atoms with E-state index in [2.05, 4.69) is 0 Å². The molecule has 0 aromatic heterocycles. The lowest BCUT2D eigenvalue weighted by Gasteiger charge is -2.15. The van der Waals surface area contributed by atoms with Gasteiger partial charge in [0, 0.05) is 5.56 Å². The Balaban J connectivity index is 2.12. The number of benzene rings is 2. The lowest BCUT2D eigenvalue weighted by Crippen LogP contribution is -1.98. The van der Waals surface area contributed by atoms with Crippen molar-refractivity contribution in [3.05, 3.63) is 52.1 Å². The van der Waals surface area contributed by atoms with Crippen LogP contribution in [-0.4, -0.2) is 15.3 Å². The molecule has 3 N–H and O–H groups in total. The first-order valence-corrected chi connectivity index (χ1v) is 7.20. The Morgan fingerprint density at radius 2 is 1.29 bits per heavy atom. The van der Waals surface area contributed by atoms with Gasteiger partial charge in [-0.15, -0.1) is 0 Å². The van der Waals surface area contributed by atoms with Crippen LogP contribution in [0.25, 0.3) is 0 Å². The molecule has 0 atom stereocenters. The van der Waals surface area contributed by atoms with Crippen LogP contribution in [0.15, 0.2) is 24.3 Å². The van der Waals surface area contributed by atoms with E-state index in [0.717, 1.165) is 40.7 Å². The zero-order chi connectivity index (χ0) is 15.6. The Bertz CT molecular complexity index is 613. The largest absolute Gasteiger partial charge is 0.508 e. The van der Waals surface area contributed by atoms with Crippen LogP contribution in [0, 0.1) is 20.8 Å². The van der Waals surface area contributed by atoms with Crippen molar-refractivity contribution in [3.8, 4) is 17.2 Å². The fourth-order valence-electron chi connectivity index (χ4n) is 2.62. The molecule has 21 heavy (non-hydrogen) atoms. The van der Waals surface area contributed by atoms with Crippen LogP contribution in [0.2, 0.25) is 0 Å². The second-order valence-electron chi connectivity index (χ2n) is 5.57. The lowest BCUT2D eigenvalue weighted by molar-refractivity contribution is 0.442. The molecule has 0 heterocycles. The van der Waals surface area contributed by atoms with Gasteiger partial charge in [-0.1, -0.05) is 12.1 Å². The van der Waals surface area contributed by atoms with Gasteiger partial charge in [0.1, 0.15) is 17.2 Å². The van der Waals surface area contributed by atoms with Gasteiger partial charge in [0.25, 0.3) is 0 Å². The van der Waals surface area contributed by atoms with Crippen molar-refractivity contribution in [3.63, 3.8) is 0 Å². The molecule has 0 spiro atoms. The minimum absolute atomic E-state index is 0.270. The van der Waals surface area contributed by atoms with E-state index in [0.29, 0.717) is 12.2 Å². The molecule has 0 aliphatic heterocycles. The summed E-state index contributed by atoms with van der Waals surface area (Å²) in [5.74, 6) is 0.852. The molecule has 2 aromatic carbocycles. The number of hydrogen-bond acceptors (Lipinski definition) is 3. The van der Waals surface area contributed by atoms with Crippen molar-refractivity contribution in [1.82, 2.24) is 0 Å². The number of phenolic OH excluding ortho intramolecular Hbond substituents is 3. The van der Waals surface area contributed by atoms with Gasteiger partial charge in [0.15, 0.2) is 0 Å². The third kappa shape index (κ3) is 3.13. The van der Waals surface area contributed by atoms with Crippen molar-refractivity contribution in [2.75, 3.05) is 0 Å². The van der Waals surface area contributed by atoms with Gasteiger partial charge in [0.2, 0.25) is 0 Å². The maximum atomic E-state index is 10.3. The highest BCUT2D eigenvalue weighted by atomic mass is 16.3. The lowest BCUT2D eigenvalue weighted by atomic mass is 9.93. The molecule has 2 rings (SSSR count). The molecule has 0 aliphatic rings. The van der Waals surface area contributed by atoms with E-state index >= 15 is 0 Å². The number of rotatable bonds is 4. The number of aryl methyl sites for hydroxylation is 1. The average Bonchev–Trinajstić information content (AvgIpc) is 2.48. The van der Waals surface area contributed by atoms with E-state index < -0.39 is 0 Å². The van der Waals surface area contributed by atoms with Gasteiger partial charge < -0.3 is 15.3 Å². The molecule has 0 radical (unpaired) electrons. The Morgan fingerprint density at radius 1 is 0.714 bits per heavy atom. The zero-order valence-electron chi connectivity index (χ0n) is 12.8. The van der Waals surface area contributed by atoms with E-state index in [4.69, 9.17) is 0 Å². The summed E-state index contributed by atoms with van der Waals surface area (Å²) in [4.78, 5) is 0. The predicted octanol–water partition coefficient (Wildman–Crippen LogP) is 3.90. The fraction of sp³-hybridized carbons (Fsp3) is 0.333. The molecule has 0 amide bonds. The van der Waals surface area contributed by atoms with Crippen molar-refractivity contribution >= 4 is 0 Å². The topological polar surface area (TPSA) is 60.7 Å². The third-order valence-corrected chi connectivity index (χ3v) is 4.20. The SMILES string of the molecule is Cc1c(C)c(O)c(CCCc2ccc(O)cc2)c(C)c1O. The van der Waals surface area contributed by atoms with Crippen LogP contribution in [0.1, 0.15) is 34.2 Å². The second-order valence-corrected chi connectivity index (χ2v) is 5.57. The van der Waals surface area contributed by atoms with Crippen molar-refractivity contribution in [2.24, 2.45) is 0 Å². The van der Waals surface area contributed by atoms with Crippen molar-refractivity contribution < 1.29 is 15.3 Å². The molecule has 3 nitrogen and oxygen atoms in total. The van der Waals surface area contributed by atoms with Crippen LogP contribution in [0.5, 0.6) is 17.2 Å². The van der Waals surface area contributed by atoms with E-state index in [-0.39, 0.29) is 11.5 Å². The van der Waals surface area contributed by atoms with Crippen LogP contribution < -0.4 is 0 Å². The first-order chi connectivity index (χ1) is 9.91. The molecule has 3 heteroatoms. The highest BCUT2D eigenvalue weighted by Crippen LogP contribution is 2.36. The summed E-state index contributed by atoms with van der Waals surface area (Å²) in [6, 6.07) is 7.17. The molecule has 0 fully saturated rings. The summed E-state index contributed by atoms with van der Waals surface area (Å²) in [5, 5.41) is 29.6. The van der Waals surface area contributed by atoms with E-state index in [1.165, 1.54) is 0 Å². The number of phenols is 3. The van der Waals surface area contributed by atoms with Crippen LogP contribution in [-0.2, 0) is 12.8 Å². The van der Waals surface area contributed by atoms with E-state index in [1.54, 1.807) is 12.1 Å². The van der Waals surface area contributed by atoms with Gasteiger partial charge >= 0.3 is 0 Å². The first-order valence-electron chi connectivity index (χ1n) is 7.20. The van der Waals surface area contributed by atoms with Crippen molar-refractivity contribution in [1.29, 1.82) is 0 Å². The monoisotopic (exact) mass is 286 g/mol. The summed E-state index contributed by atoms with van der Waals surface area (Å²) in [6.07, 6.45) is 2.46. The molecule has 2 aromatic rings. The van der Waals surface area contributed by atoms with Gasteiger partial charge in [-0.25, -0.2) is 0 Å². The summed E-state index contributed by atoms with van der Waals surface area (Å²) in [7, 11) is 0. The van der Waals surface area contributed by atoms with E-state index in [9.17, 15) is 15.3 Å². The highest BCUT2D eigenvalue weighted by Gasteiger charge is 2.15. The standard InChI is InChI=1S/C18H22O3/c1-11-12(2)18(21)16(13(3)17(11)20)6-4-5-14-7-9-15(19)10-8-14/h7-10,19-21H,4-6H2,1-3H3. The second kappa shape index (κ2) is 6.08. The number of hydrogen-bond donors (Lipinski definition) is 3. The Hall–Kier alpha value is -2.16. The van der Waals surface area contributed by atoms with Crippen molar-refractivity contribution in [2.45, 2.75) is 40.0 Å². The minimum atomic E-state index is 0.270. The first kappa shape index (κ1) is 15.2. The smallest absolute Gasteiger partial charge is 0.122 e. The van der Waals surface area contributed by atoms with Gasteiger partial charge in [0.05, 0.1) is 0 Å². The predicted molar refractivity (Wildman–Crippen MR) is 84.1 cm³/mol. The third-order valence-electron chi connectivity index (χ3n) is 4.20. The Morgan fingerprint density at radius 3 is 1.90 bits per heavy atom. The van der Waals surface area contributed by atoms with Gasteiger partial charge in [-0.05, 0) is 74.4 Å². The van der Waals surface area contributed by atoms with Crippen LogP contribution >= 0.6 is 0 Å².